The molecule has 0 atom stereocenters. The van der Waals surface area contributed by atoms with Gasteiger partial charge in [0.25, 0.3) is 0 Å². The fourth-order valence-electron chi connectivity index (χ4n) is 1.18. The average Bonchev–Trinajstić information content (AvgIpc) is 2.47. The standard InChI is InChI=1S/C11H18O2/c1-4-5-6-10-7-9(8-13-10)11(2,3)12/h7-8,12H,4-6H2,1-3H3. The molecule has 0 spiro atoms. The number of hydrogen-bond acceptors (Lipinski definition) is 2. The van der Waals surface area contributed by atoms with Gasteiger partial charge in [-0.15, -0.1) is 0 Å². The first kappa shape index (κ1) is 10.3. The Balaban J connectivity index is 2.64. The van der Waals surface area contributed by atoms with E-state index in [1.165, 1.54) is 6.42 Å². The molecule has 74 valence electrons. The highest BCUT2D eigenvalue weighted by atomic mass is 16.3. The average molecular weight is 182 g/mol. The maximum Gasteiger partial charge on any atom is 0.104 e. The minimum absolute atomic E-state index is 0.784. The molecule has 1 N–H and O–H groups in total. The number of aliphatic hydroxyl groups is 1. The highest BCUT2D eigenvalue weighted by Gasteiger charge is 2.18. The molecule has 0 amide bonds. The van der Waals surface area contributed by atoms with E-state index in [-0.39, 0.29) is 0 Å². The van der Waals surface area contributed by atoms with Gasteiger partial charge in [0.2, 0.25) is 0 Å². The molecule has 0 aliphatic rings. The van der Waals surface area contributed by atoms with Crippen LogP contribution in [-0.2, 0) is 12.0 Å². The SMILES string of the molecule is CCCCc1cc(C(C)(C)O)co1. The Morgan fingerprint density at radius 3 is 2.62 bits per heavy atom. The summed E-state index contributed by atoms with van der Waals surface area (Å²) in [5.41, 5.74) is 0.0761. The van der Waals surface area contributed by atoms with Gasteiger partial charge in [-0.3, -0.25) is 0 Å². The van der Waals surface area contributed by atoms with Crippen LogP contribution in [0.15, 0.2) is 16.7 Å². The minimum Gasteiger partial charge on any atom is -0.469 e. The molecule has 0 aliphatic heterocycles. The topological polar surface area (TPSA) is 33.4 Å². The second-order valence-corrected chi connectivity index (χ2v) is 3.96. The number of rotatable bonds is 4. The van der Waals surface area contributed by atoms with E-state index in [2.05, 4.69) is 6.92 Å². The van der Waals surface area contributed by atoms with Crippen LogP contribution in [0.2, 0.25) is 0 Å². The minimum atomic E-state index is -0.784. The van der Waals surface area contributed by atoms with Crippen molar-refractivity contribution >= 4 is 0 Å². The second-order valence-electron chi connectivity index (χ2n) is 3.96. The molecule has 1 rings (SSSR count). The van der Waals surface area contributed by atoms with Crippen LogP contribution >= 0.6 is 0 Å². The van der Waals surface area contributed by atoms with Gasteiger partial charge in [-0.25, -0.2) is 0 Å². The van der Waals surface area contributed by atoms with Crippen molar-refractivity contribution in [3.63, 3.8) is 0 Å². The van der Waals surface area contributed by atoms with E-state index in [0.717, 1.165) is 24.2 Å². The van der Waals surface area contributed by atoms with Gasteiger partial charge in [0.05, 0.1) is 11.9 Å². The van der Waals surface area contributed by atoms with Crippen LogP contribution in [0.5, 0.6) is 0 Å². The van der Waals surface area contributed by atoms with Gasteiger partial charge in [-0.2, -0.15) is 0 Å². The Morgan fingerprint density at radius 2 is 2.15 bits per heavy atom. The first-order chi connectivity index (χ1) is 6.04. The van der Waals surface area contributed by atoms with Crippen molar-refractivity contribution in [2.24, 2.45) is 0 Å². The van der Waals surface area contributed by atoms with Crippen LogP contribution in [-0.4, -0.2) is 5.11 Å². The Labute approximate surface area is 79.6 Å². The molecule has 1 aromatic heterocycles. The molecule has 0 radical (unpaired) electrons. The number of aryl methyl sites for hydroxylation is 1. The predicted octanol–water partition coefficient (Wildman–Crippen LogP) is 2.85. The quantitative estimate of drug-likeness (QED) is 0.776. The molecule has 0 saturated heterocycles. The van der Waals surface area contributed by atoms with Gasteiger partial charge in [0.15, 0.2) is 0 Å². The number of hydrogen-bond donors (Lipinski definition) is 1. The van der Waals surface area contributed by atoms with Crippen molar-refractivity contribution < 1.29 is 9.52 Å². The zero-order valence-electron chi connectivity index (χ0n) is 8.63. The van der Waals surface area contributed by atoms with E-state index in [1.807, 2.05) is 6.07 Å². The van der Waals surface area contributed by atoms with Crippen molar-refractivity contribution in [1.82, 2.24) is 0 Å². The summed E-state index contributed by atoms with van der Waals surface area (Å²) in [5.74, 6) is 0.971. The van der Waals surface area contributed by atoms with Crippen molar-refractivity contribution in [3.05, 3.63) is 23.7 Å². The van der Waals surface area contributed by atoms with Crippen molar-refractivity contribution in [1.29, 1.82) is 0 Å². The molecule has 1 heterocycles. The lowest BCUT2D eigenvalue weighted by atomic mass is 10.0. The van der Waals surface area contributed by atoms with E-state index >= 15 is 0 Å². The van der Waals surface area contributed by atoms with Gasteiger partial charge < -0.3 is 9.52 Å². The van der Waals surface area contributed by atoms with Crippen LogP contribution in [0, 0.1) is 0 Å². The van der Waals surface area contributed by atoms with E-state index in [0.29, 0.717) is 0 Å². The molecule has 0 unspecified atom stereocenters. The first-order valence-corrected chi connectivity index (χ1v) is 4.84. The first-order valence-electron chi connectivity index (χ1n) is 4.84. The molecule has 0 saturated carbocycles. The van der Waals surface area contributed by atoms with Crippen LogP contribution in [0.4, 0.5) is 0 Å². The normalized spacial score (nSPS) is 12.0. The molecule has 1 aromatic rings. The third-order valence-electron chi connectivity index (χ3n) is 2.14. The van der Waals surface area contributed by atoms with Crippen LogP contribution in [0.3, 0.4) is 0 Å². The van der Waals surface area contributed by atoms with Gasteiger partial charge in [-0.05, 0) is 26.3 Å². The third-order valence-corrected chi connectivity index (χ3v) is 2.14. The van der Waals surface area contributed by atoms with E-state index in [1.54, 1.807) is 20.1 Å². The Bertz CT molecular complexity index is 255. The monoisotopic (exact) mass is 182 g/mol. The zero-order chi connectivity index (χ0) is 9.90. The lowest BCUT2D eigenvalue weighted by Gasteiger charge is -2.13. The van der Waals surface area contributed by atoms with E-state index in [4.69, 9.17) is 4.42 Å². The zero-order valence-corrected chi connectivity index (χ0v) is 8.63. The van der Waals surface area contributed by atoms with Crippen LogP contribution < -0.4 is 0 Å². The van der Waals surface area contributed by atoms with Crippen molar-refractivity contribution in [3.8, 4) is 0 Å². The molecule has 0 bridgehead atoms. The molecule has 0 fully saturated rings. The molecular formula is C11H18O2. The van der Waals surface area contributed by atoms with E-state index < -0.39 is 5.60 Å². The number of unbranched alkanes of at least 4 members (excludes halogenated alkanes) is 1. The number of furan rings is 1. The summed E-state index contributed by atoms with van der Waals surface area (Å²) in [6.07, 6.45) is 4.91. The summed E-state index contributed by atoms with van der Waals surface area (Å²) in [5, 5.41) is 9.67. The fraction of sp³-hybridized carbons (Fsp3) is 0.636. The maximum absolute atomic E-state index is 9.67. The Hall–Kier alpha value is -0.760. The molecular weight excluding hydrogens is 164 g/mol. The summed E-state index contributed by atoms with van der Waals surface area (Å²) in [6.45, 7) is 5.68. The van der Waals surface area contributed by atoms with Gasteiger partial charge in [-0.1, -0.05) is 13.3 Å². The second kappa shape index (κ2) is 3.97. The van der Waals surface area contributed by atoms with Crippen molar-refractivity contribution in [2.75, 3.05) is 0 Å². The molecule has 13 heavy (non-hydrogen) atoms. The summed E-state index contributed by atoms with van der Waals surface area (Å²) in [6, 6.07) is 1.94. The third kappa shape index (κ3) is 2.88. The lowest BCUT2D eigenvalue weighted by Crippen LogP contribution is -2.13. The van der Waals surface area contributed by atoms with Gasteiger partial charge in [0.1, 0.15) is 5.76 Å². The van der Waals surface area contributed by atoms with Crippen molar-refractivity contribution in [2.45, 2.75) is 45.6 Å². The summed E-state index contributed by atoms with van der Waals surface area (Å²) < 4.78 is 5.33. The molecule has 0 aromatic carbocycles. The van der Waals surface area contributed by atoms with E-state index in [9.17, 15) is 5.11 Å². The Kier molecular flexibility index (Phi) is 3.15. The molecule has 2 nitrogen and oxygen atoms in total. The van der Waals surface area contributed by atoms with Gasteiger partial charge >= 0.3 is 0 Å². The van der Waals surface area contributed by atoms with Gasteiger partial charge in [0, 0.05) is 12.0 Å². The highest BCUT2D eigenvalue weighted by Crippen LogP contribution is 2.22. The predicted molar refractivity (Wildman–Crippen MR) is 52.6 cm³/mol. The summed E-state index contributed by atoms with van der Waals surface area (Å²) in [7, 11) is 0. The van der Waals surface area contributed by atoms with Crippen LogP contribution in [0.25, 0.3) is 0 Å². The summed E-state index contributed by atoms with van der Waals surface area (Å²) >= 11 is 0. The summed E-state index contributed by atoms with van der Waals surface area (Å²) in [4.78, 5) is 0. The molecule has 0 aliphatic carbocycles. The van der Waals surface area contributed by atoms with Crippen LogP contribution in [0.1, 0.15) is 44.9 Å². The molecule has 2 heteroatoms. The maximum atomic E-state index is 9.67. The largest absolute Gasteiger partial charge is 0.469 e. The smallest absolute Gasteiger partial charge is 0.104 e. The highest BCUT2D eigenvalue weighted by molar-refractivity contribution is 5.18. The Morgan fingerprint density at radius 1 is 1.46 bits per heavy atom. The fourth-order valence-corrected chi connectivity index (χ4v) is 1.18. The lowest BCUT2D eigenvalue weighted by molar-refractivity contribution is 0.0779.